The van der Waals surface area contributed by atoms with Gasteiger partial charge in [-0.15, -0.1) is 11.3 Å². The van der Waals surface area contributed by atoms with Crippen LogP contribution in [-0.2, 0) is 13.0 Å². The minimum Gasteiger partial charge on any atom is -0.396 e. The van der Waals surface area contributed by atoms with Crippen LogP contribution in [0.25, 0.3) is 0 Å². The molecule has 0 spiro atoms. The summed E-state index contributed by atoms with van der Waals surface area (Å²) in [5.74, 6) is 0. The van der Waals surface area contributed by atoms with Crippen LogP contribution < -0.4 is 0 Å². The fourth-order valence-corrected chi connectivity index (χ4v) is 1.95. The van der Waals surface area contributed by atoms with E-state index in [-0.39, 0.29) is 6.61 Å². The summed E-state index contributed by atoms with van der Waals surface area (Å²) in [6.45, 7) is 1.10. The second-order valence-corrected chi connectivity index (χ2v) is 4.13. The highest BCUT2D eigenvalue weighted by molar-refractivity contribution is 7.11. The first-order chi connectivity index (χ1) is 5.72. The molecule has 0 radical (unpaired) electrons. The average molecular weight is 186 g/mol. The van der Waals surface area contributed by atoms with Crippen molar-refractivity contribution < 1.29 is 5.11 Å². The molecule has 0 fully saturated rings. The summed E-state index contributed by atoms with van der Waals surface area (Å²) in [7, 11) is 4.04. The van der Waals surface area contributed by atoms with Crippen LogP contribution in [0.4, 0.5) is 0 Å². The van der Waals surface area contributed by atoms with Crippen LogP contribution in [0.2, 0.25) is 0 Å². The first kappa shape index (κ1) is 9.64. The van der Waals surface area contributed by atoms with E-state index in [1.807, 2.05) is 20.3 Å². The van der Waals surface area contributed by atoms with E-state index >= 15 is 0 Å². The fraction of sp³-hybridized carbons (Fsp3) is 0.625. The molecule has 0 bridgehead atoms. The minimum absolute atomic E-state index is 0.212. The molecule has 0 atom stereocenters. The van der Waals surface area contributed by atoms with Crippen molar-refractivity contribution in [2.45, 2.75) is 13.0 Å². The molecule has 3 nitrogen and oxygen atoms in total. The lowest BCUT2D eigenvalue weighted by Gasteiger charge is -2.04. The van der Waals surface area contributed by atoms with Gasteiger partial charge in [0.15, 0.2) is 0 Å². The predicted molar refractivity (Wildman–Crippen MR) is 50.3 cm³/mol. The lowest BCUT2D eigenvalue weighted by atomic mass is 10.4. The molecule has 0 aliphatic heterocycles. The van der Waals surface area contributed by atoms with E-state index in [9.17, 15) is 0 Å². The summed E-state index contributed by atoms with van der Waals surface area (Å²) in [6, 6.07) is 0. The van der Waals surface area contributed by atoms with Crippen LogP contribution in [0.3, 0.4) is 0 Å². The van der Waals surface area contributed by atoms with Crippen molar-refractivity contribution >= 4 is 11.3 Å². The van der Waals surface area contributed by atoms with Gasteiger partial charge in [-0.25, -0.2) is 4.98 Å². The van der Waals surface area contributed by atoms with E-state index < -0.39 is 0 Å². The lowest BCUT2D eigenvalue weighted by molar-refractivity contribution is 0.300. The highest BCUT2D eigenvalue weighted by atomic mass is 32.1. The molecule has 0 aliphatic rings. The molecule has 0 saturated carbocycles. The number of hydrogen-bond donors (Lipinski definition) is 1. The molecule has 1 N–H and O–H groups in total. The number of aliphatic hydroxyl groups excluding tert-OH is 1. The zero-order valence-electron chi connectivity index (χ0n) is 7.45. The van der Waals surface area contributed by atoms with Gasteiger partial charge in [-0.05, 0) is 14.1 Å². The second kappa shape index (κ2) is 4.54. The fourth-order valence-electron chi connectivity index (χ4n) is 0.917. The molecular formula is C8H14N2OS. The molecule has 0 unspecified atom stereocenters. The number of nitrogens with zero attached hydrogens (tertiary/aromatic N) is 2. The van der Waals surface area contributed by atoms with Gasteiger partial charge in [0.2, 0.25) is 0 Å². The van der Waals surface area contributed by atoms with E-state index in [2.05, 4.69) is 9.88 Å². The molecule has 1 aromatic heterocycles. The van der Waals surface area contributed by atoms with Gasteiger partial charge in [-0.1, -0.05) is 0 Å². The van der Waals surface area contributed by atoms with Crippen molar-refractivity contribution in [1.82, 2.24) is 9.88 Å². The highest BCUT2D eigenvalue weighted by Gasteiger charge is 2.01. The largest absolute Gasteiger partial charge is 0.396 e. The van der Waals surface area contributed by atoms with E-state index in [0.717, 1.165) is 22.9 Å². The van der Waals surface area contributed by atoms with Gasteiger partial charge < -0.3 is 10.0 Å². The van der Waals surface area contributed by atoms with Crippen LogP contribution in [0.1, 0.15) is 9.88 Å². The predicted octanol–water partition coefficient (Wildman–Crippen LogP) is 0.740. The first-order valence-electron chi connectivity index (χ1n) is 3.91. The maximum absolute atomic E-state index is 8.68. The Balaban J connectivity index is 2.52. The zero-order valence-corrected chi connectivity index (χ0v) is 8.27. The molecule has 4 heteroatoms. The maximum atomic E-state index is 8.68. The summed E-state index contributed by atoms with van der Waals surface area (Å²) >= 11 is 1.67. The molecule has 0 saturated heterocycles. The Morgan fingerprint density at radius 1 is 1.58 bits per heavy atom. The Kier molecular flexibility index (Phi) is 3.65. The van der Waals surface area contributed by atoms with Crippen LogP contribution in [0, 0.1) is 0 Å². The summed E-state index contributed by atoms with van der Waals surface area (Å²) in [4.78, 5) is 7.49. The number of hydrogen-bond acceptors (Lipinski definition) is 4. The third-order valence-corrected chi connectivity index (χ3v) is 2.45. The highest BCUT2D eigenvalue weighted by Crippen LogP contribution is 2.14. The van der Waals surface area contributed by atoms with Crippen LogP contribution in [0.15, 0.2) is 6.20 Å². The van der Waals surface area contributed by atoms with Crippen molar-refractivity contribution in [3.8, 4) is 0 Å². The SMILES string of the molecule is CN(C)Cc1ncc(CCO)s1. The molecular weight excluding hydrogens is 172 g/mol. The summed E-state index contributed by atoms with van der Waals surface area (Å²) in [6.07, 6.45) is 2.57. The number of aromatic nitrogens is 1. The molecule has 1 aromatic rings. The quantitative estimate of drug-likeness (QED) is 0.753. The normalized spacial score (nSPS) is 11.0. The summed E-state index contributed by atoms with van der Waals surface area (Å²) in [5, 5.41) is 9.79. The molecule has 0 aromatic carbocycles. The first-order valence-corrected chi connectivity index (χ1v) is 4.73. The van der Waals surface area contributed by atoms with Crippen molar-refractivity contribution in [2.75, 3.05) is 20.7 Å². The van der Waals surface area contributed by atoms with Gasteiger partial charge in [0.05, 0.1) is 0 Å². The van der Waals surface area contributed by atoms with Crippen molar-refractivity contribution in [3.63, 3.8) is 0 Å². The van der Waals surface area contributed by atoms with E-state index in [4.69, 9.17) is 5.11 Å². The second-order valence-electron chi connectivity index (χ2n) is 2.93. The summed E-state index contributed by atoms with van der Waals surface area (Å²) < 4.78 is 0. The van der Waals surface area contributed by atoms with Gasteiger partial charge in [0, 0.05) is 30.6 Å². The maximum Gasteiger partial charge on any atom is 0.107 e. The Morgan fingerprint density at radius 2 is 2.33 bits per heavy atom. The third kappa shape index (κ3) is 2.89. The van der Waals surface area contributed by atoms with E-state index in [0.29, 0.717) is 0 Å². The monoisotopic (exact) mass is 186 g/mol. The molecule has 12 heavy (non-hydrogen) atoms. The zero-order chi connectivity index (χ0) is 8.97. The Morgan fingerprint density at radius 3 is 2.92 bits per heavy atom. The number of rotatable bonds is 4. The molecule has 0 aliphatic carbocycles. The van der Waals surface area contributed by atoms with Gasteiger partial charge >= 0.3 is 0 Å². The number of thiazole rings is 1. The molecule has 1 heterocycles. The van der Waals surface area contributed by atoms with Crippen molar-refractivity contribution in [3.05, 3.63) is 16.1 Å². The van der Waals surface area contributed by atoms with Gasteiger partial charge in [-0.2, -0.15) is 0 Å². The van der Waals surface area contributed by atoms with Crippen LogP contribution in [0.5, 0.6) is 0 Å². The van der Waals surface area contributed by atoms with Crippen molar-refractivity contribution in [1.29, 1.82) is 0 Å². The van der Waals surface area contributed by atoms with Gasteiger partial charge in [0.1, 0.15) is 5.01 Å². The lowest BCUT2D eigenvalue weighted by Crippen LogP contribution is -2.09. The smallest absolute Gasteiger partial charge is 0.107 e. The topological polar surface area (TPSA) is 36.4 Å². The Hall–Kier alpha value is -0.450. The van der Waals surface area contributed by atoms with E-state index in [1.165, 1.54) is 0 Å². The third-order valence-electron chi connectivity index (χ3n) is 1.41. The van der Waals surface area contributed by atoms with Crippen molar-refractivity contribution in [2.24, 2.45) is 0 Å². The Labute approximate surface area is 76.7 Å². The average Bonchev–Trinajstić information content (AvgIpc) is 2.36. The minimum atomic E-state index is 0.212. The van der Waals surface area contributed by atoms with Crippen LogP contribution in [-0.4, -0.2) is 35.7 Å². The molecule has 0 amide bonds. The Bertz CT molecular complexity index is 235. The van der Waals surface area contributed by atoms with E-state index in [1.54, 1.807) is 11.3 Å². The molecule has 68 valence electrons. The summed E-state index contributed by atoms with van der Waals surface area (Å²) in [5.41, 5.74) is 0. The van der Waals surface area contributed by atoms with Crippen LogP contribution >= 0.6 is 11.3 Å². The molecule has 1 rings (SSSR count). The van der Waals surface area contributed by atoms with Gasteiger partial charge in [-0.3, -0.25) is 0 Å². The number of aliphatic hydroxyl groups is 1. The van der Waals surface area contributed by atoms with Gasteiger partial charge in [0.25, 0.3) is 0 Å². The standard InChI is InChI=1S/C8H14N2OS/c1-10(2)6-8-9-5-7(12-8)3-4-11/h5,11H,3-4,6H2,1-2H3.